The van der Waals surface area contributed by atoms with Gasteiger partial charge in [-0.1, -0.05) is 56.2 Å². The lowest BCUT2D eigenvalue weighted by Crippen LogP contribution is -2.20. The lowest BCUT2D eigenvalue weighted by molar-refractivity contribution is -0.137. The van der Waals surface area contributed by atoms with Crippen molar-refractivity contribution < 1.29 is 30.0 Å². The first kappa shape index (κ1) is 44.5. The van der Waals surface area contributed by atoms with Crippen molar-refractivity contribution in [3.8, 4) is 0 Å². The number of aromatic amines is 1. The van der Waals surface area contributed by atoms with Crippen LogP contribution in [0.25, 0.3) is 18.2 Å². The van der Waals surface area contributed by atoms with Crippen LogP contribution in [0.4, 0.5) is 0 Å². The molecule has 59 heavy (non-hydrogen) atoms. The van der Waals surface area contributed by atoms with E-state index in [0.717, 1.165) is 70.0 Å². The van der Waals surface area contributed by atoms with Gasteiger partial charge in [0.15, 0.2) is 0 Å². The summed E-state index contributed by atoms with van der Waals surface area (Å²) in [5.41, 5.74) is 11.6. The van der Waals surface area contributed by atoms with Crippen molar-refractivity contribution in [2.45, 2.75) is 125 Å². The molecular formula is C49H60N4O6. The molecule has 8 bridgehead atoms. The number of aliphatic hydroxyl groups excluding tert-OH is 2. The fourth-order valence-electron chi connectivity index (χ4n) is 8.01. The maximum atomic E-state index is 11.9. The summed E-state index contributed by atoms with van der Waals surface area (Å²) in [7, 11) is 0. The van der Waals surface area contributed by atoms with E-state index in [2.05, 4.69) is 51.4 Å². The maximum Gasteiger partial charge on any atom is 0.303 e. The second-order valence-corrected chi connectivity index (χ2v) is 16.4. The second kappa shape index (κ2) is 19.9. The summed E-state index contributed by atoms with van der Waals surface area (Å²) in [6.45, 7) is 18.8. The topological polar surface area (TPSA) is 168 Å². The number of allylic oxidation sites excluding steroid dienone is 11. The van der Waals surface area contributed by atoms with Crippen LogP contribution in [-0.4, -0.2) is 60.6 Å². The Morgan fingerprint density at radius 1 is 0.763 bits per heavy atom. The number of rotatable bonds is 18. The molecule has 1 unspecified atom stereocenters. The minimum atomic E-state index is -0.999. The molecule has 0 spiro atoms. The van der Waals surface area contributed by atoms with E-state index in [9.17, 15) is 30.0 Å². The van der Waals surface area contributed by atoms with E-state index in [-0.39, 0.29) is 25.7 Å². The van der Waals surface area contributed by atoms with Gasteiger partial charge in [0.1, 0.15) is 0 Å². The Labute approximate surface area is 348 Å². The number of aliphatic imine (C=N–C) groups is 3. The zero-order chi connectivity index (χ0) is 43.0. The van der Waals surface area contributed by atoms with Gasteiger partial charge in [-0.05, 0) is 144 Å². The average Bonchev–Trinajstić information content (AvgIpc) is 3.85. The van der Waals surface area contributed by atoms with Crippen molar-refractivity contribution in [1.29, 1.82) is 0 Å². The second-order valence-electron chi connectivity index (χ2n) is 16.4. The molecule has 0 saturated heterocycles. The van der Waals surface area contributed by atoms with Crippen molar-refractivity contribution in [1.82, 2.24) is 4.98 Å². The van der Waals surface area contributed by atoms with Gasteiger partial charge in [0.25, 0.3) is 0 Å². The highest BCUT2D eigenvalue weighted by atomic mass is 16.4. The van der Waals surface area contributed by atoms with E-state index in [1.165, 1.54) is 24.0 Å². The summed E-state index contributed by atoms with van der Waals surface area (Å²) >= 11 is 0. The Kier molecular flexibility index (Phi) is 15.0. The minimum absolute atomic E-state index is 0.0853. The number of aliphatic hydroxyl groups is 2. The van der Waals surface area contributed by atoms with Crippen LogP contribution in [0.5, 0.6) is 0 Å². The quantitative estimate of drug-likeness (QED) is 0.0733. The van der Waals surface area contributed by atoms with Crippen LogP contribution in [-0.2, 0) is 9.59 Å². The molecule has 5 N–H and O–H groups in total. The Morgan fingerprint density at radius 3 is 2.07 bits per heavy atom. The summed E-state index contributed by atoms with van der Waals surface area (Å²) in [6, 6.07) is 0. The number of carbonyl (C=O) groups is 2. The molecule has 4 aliphatic rings. The monoisotopic (exact) mass is 800 g/mol. The summed E-state index contributed by atoms with van der Waals surface area (Å²) in [5.74, 6) is -1.21. The molecule has 1 aromatic rings. The third-order valence-electron chi connectivity index (χ3n) is 11.5. The van der Waals surface area contributed by atoms with Gasteiger partial charge >= 0.3 is 11.9 Å². The molecule has 0 saturated carbocycles. The molecule has 5 rings (SSSR count). The molecule has 312 valence electrons. The van der Waals surface area contributed by atoms with E-state index >= 15 is 0 Å². The maximum absolute atomic E-state index is 11.9. The third-order valence-corrected chi connectivity index (χ3v) is 11.5. The zero-order valence-electron chi connectivity index (χ0n) is 35.7. The van der Waals surface area contributed by atoms with Crippen molar-refractivity contribution >= 4 is 47.3 Å². The van der Waals surface area contributed by atoms with Gasteiger partial charge in [-0.2, -0.15) is 0 Å². The number of fused-ring (bicyclic) bond motifs is 5. The normalized spacial score (nSPS) is 18.2. The molecule has 0 fully saturated rings. The Morgan fingerprint density at radius 2 is 1.41 bits per heavy atom. The molecule has 4 aliphatic heterocycles. The predicted molar refractivity (Wildman–Crippen MR) is 240 cm³/mol. The molecule has 0 aliphatic carbocycles. The predicted octanol–water partition coefficient (Wildman–Crippen LogP) is 9.37. The molecule has 1 aromatic heterocycles. The largest absolute Gasteiger partial charge is 0.515 e. The summed E-state index contributed by atoms with van der Waals surface area (Å²) in [6.07, 6.45) is 20.6. The number of aromatic nitrogens is 1. The highest BCUT2D eigenvalue weighted by Gasteiger charge is 2.30. The molecule has 1 atom stereocenters. The molecular weight excluding hydrogens is 741 g/mol. The van der Waals surface area contributed by atoms with E-state index in [0.29, 0.717) is 63.8 Å². The molecule has 0 amide bonds. The number of hydrogen-bond acceptors (Lipinski definition) is 7. The van der Waals surface area contributed by atoms with Crippen LogP contribution in [0.1, 0.15) is 123 Å². The van der Waals surface area contributed by atoms with Crippen LogP contribution >= 0.6 is 0 Å². The minimum Gasteiger partial charge on any atom is -0.515 e. The van der Waals surface area contributed by atoms with E-state index < -0.39 is 18.0 Å². The third kappa shape index (κ3) is 10.9. The number of carboxylic acids is 2. The van der Waals surface area contributed by atoms with Crippen LogP contribution in [0.3, 0.4) is 0 Å². The molecule has 10 nitrogen and oxygen atoms in total. The Balaban J connectivity index is 1.57. The van der Waals surface area contributed by atoms with Crippen molar-refractivity contribution in [3.63, 3.8) is 0 Å². The van der Waals surface area contributed by atoms with Gasteiger partial charge in [0.2, 0.25) is 0 Å². The summed E-state index contributed by atoms with van der Waals surface area (Å²) in [5, 5.41) is 43.3. The summed E-state index contributed by atoms with van der Waals surface area (Å²) < 4.78 is 0. The number of hydrogen-bond donors (Lipinski definition) is 5. The van der Waals surface area contributed by atoms with Crippen LogP contribution in [0.15, 0.2) is 114 Å². The average molecular weight is 801 g/mol. The Hall–Kier alpha value is -5.61. The van der Waals surface area contributed by atoms with E-state index in [1.807, 2.05) is 32.9 Å². The Bertz CT molecular complexity index is 2380. The number of nitrogens with zero attached hydrogens (tertiary/aromatic N) is 3. The standard InChI is InChI=1S/C49H60N4O6/c1-9-34-31(6)39-25-45-49(46(55)18-12-17-30(5)16-11-15-29(4)14-10-13-28(2)3)33(8)40(52-45)24-44-37(27-54)36(20-22-48(58)59)43(53-44)26-42-35(19-21-47(56)57)32(7)38(51-42)23-41(34)50-39/h9,15,17,23-28,46,50,54-55H,1,10-14,16,18-22H2,2-8H3,(H,56,57)(H,58,59)/b29-15+,30-17+,37-27+,39-25?,40-24?,41-23?,42-26?. The van der Waals surface area contributed by atoms with Gasteiger partial charge in [0.05, 0.1) is 46.6 Å². The number of aliphatic carboxylic acids is 2. The summed E-state index contributed by atoms with van der Waals surface area (Å²) in [4.78, 5) is 41.9. The lowest BCUT2D eigenvalue weighted by Gasteiger charge is -2.13. The van der Waals surface area contributed by atoms with Gasteiger partial charge in [-0.3, -0.25) is 9.59 Å². The van der Waals surface area contributed by atoms with Crippen molar-refractivity contribution in [2.24, 2.45) is 20.9 Å². The van der Waals surface area contributed by atoms with Gasteiger partial charge in [-0.25, -0.2) is 15.0 Å². The van der Waals surface area contributed by atoms with Crippen molar-refractivity contribution in [2.75, 3.05) is 0 Å². The molecule has 0 radical (unpaired) electrons. The van der Waals surface area contributed by atoms with Crippen LogP contribution in [0.2, 0.25) is 0 Å². The first-order chi connectivity index (χ1) is 28.1. The van der Waals surface area contributed by atoms with Crippen LogP contribution < -0.4 is 10.7 Å². The first-order valence-electron chi connectivity index (χ1n) is 20.8. The number of nitrogens with one attached hydrogen (secondary N) is 1. The number of H-pyrrole nitrogens is 1. The van der Waals surface area contributed by atoms with Crippen molar-refractivity contribution in [3.05, 3.63) is 121 Å². The smallest absolute Gasteiger partial charge is 0.303 e. The molecule has 5 heterocycles. The zero-order valence-corrected chi connectivity index (χ0v) is 35.7. The van der Waals surface area contributed by atoms with Gasteiger partial charge in [-0.15, -0.1) is 0 Å². The first-order valence-corrected chi connectivity index (χ1v) is 20.8. The van der Waals surface area contributed by atoms with E-state index in [4.69, 9.17) is 15.0 Å². The fourth-order valence-corrected chi connectivity index (χ4v) is 8.01. The van der Waals surface area contributed by atoms with Crippen LogP contribution in [0, 0.1) is 12.8 Å². The number of carboxylic acid groups (broad SMARTS) is 2. The van der Waals surface area contributed by atoms with Gasteiger partial charge in [0, 0.05) is 40.2 Å². The highest BCUT2D eigenvalue weighted by Crippen LogP contribution is 2.38. The van der Waals surface area contributed by atoms with E-state index in [1.54, 1.807) is 18.2 Å². The fraction of sp³-hybridized carbons (Fsp3) is 0.408. The SMILES string of the molecule is C=Cc1c(C)c2[nH]c1=CC1=NC(=CC3=C(CCC(=O)O)/C(=C\O)C(=N3)C=C3N=C(C=2)C(C(O)CC/C=C(\C)CC/C=C(\C)CCCC(C)C)=C3C)C(CCC(=O)O)=C1C. The molecule has 10 heteroatoms. The molecule has 0 aromatic carbocycles. The lowest BCUT2D eigenvalue weighted by atomic mass is 9.94. The highest BCUT2D eigenvalue weighted by molar-refractivity contribution is 6.25. The van der Waals surface area contributed by atoms with Gasteiger partial charge < -0.3 is 25.4 Å².